The average Bonchev–Trinajstić information content (AvgIpc) is 3.58. The van der Waals surface area contributed by atoms with Gasteiger partial charge in [0, 0.05) is 7.05 Å². The molecule has 6 aromatic carbocycles. The number of rotatable bonds is 7. The van der Waals surface area contributed by atoms with Crippen LogP contribution < -0.4 is 14.4 Å². The maximum absolute atomic E-state index is 13.5. The minimum absolute atomic E-state index is 0. The molecule has 2 aliphatic rings. The van der Waals surface area contributed by atoms with Crippen LogP contribution in [0.25, 0.3) is 22.3 Å². The molecule has 0 fully saturated rings. The summed E-state index contributed by atoms with van der Waals surface area (Å²) in [4.78, 5) is 79.3. The Morgan fingerprint density at radius 3 is 1.30 bits per heavy atom. The van der Waals surface area contributed by atoms with Gasteiger partial charge in [0.15, 0.2) is 0 Å². The second kappa shape index (κ2) is 15.1. The van der Waals surface area contributed by atoms with Crippen LogP contribution in [0.2, 0.25) is 0 Å². The van der Waals surface area contributed by atoms with E-state index >= 15 is 0 Å². The molecule has 2 aliphatic heterocycles. The number of benzene rings is 6. The molecule has 2 heterocycles. The number of imide groups is 2. The lowest BCUT2D eigenvalue weighted by Crippen LogP contribution is -2.29. The fourth-order valence-corrected chi connectivity index (χ4v) is 6.39. The Bertz CT molecular complexity index is 2560. The zero-order valence-electron chi connectivity index (χ0n) is 28.9. The van der Waals surface area contributed by atoms with Crippen LogP contribution in [-0.4, -0.2) is 47.5 Å². The number of ether oxygens (including phenoxy) is 2. The number of esters is 2. The summed E-state index contributed by atoms with van der Waals surface area (Å²) in [6.07, 6.45) is 0. The minimum Gasteiger partial charge on any atom is -0.423 e. The first-order valence-electron chi connectivity index (χ1n) is 16.9. The molecule has 8 rings (SSSR count). The van der Waals surface area contributed by atoms with Gasteiger partial charge < -0.3 is 9.47 Å². The normalized spacial score (nSPS) is 12.8. The summed E-state index contributed by atoms with van der Waals surface area (Å²) < 4.78 is 11.0. The van der Waals surface area contributed by atoms with E-state index in [1.165, 1.54) is 31.3 Å². The molecule has 4 amide bonds. The van der Waals surface area contributed by atoms with E-state index in [9.17, 15) is 28.8 Å². The highest BCUT2D eigenvalue weighted by atomic mass is 16.5. The van der Waals surface area contributed by atoms with E-state index in [2.05, 4.69) is 0 Å². The second-order valence-electron chi connectivity index (χ2n) is 12.9. The molecule has 278 valence electrons. The van der Waals surface area contributed by atoms with Gasteiger partial charge in [0.25, 0.3) is 23.6 Å². The molecule has 0 N–H and O–H groups in total. The number of amides is 4. The van der Waals surface area contributed by atoms with E-state index in [4.69, 9.17) is 9.47 Å². The Morgan fingerprint density at radius 2 is 0.821 bits per heavy atom. The Kier molecular flexibility index (Phi) is 10.3. The highest BCUT2D eigenvalue weighted by Gasteiger charge is 2.37. The summed E-state index contributed by atoms with van der Waals surface area (Å²) in [5.41, 5.74) is 6.01. The fraction of sp³-hybridized carbons (Fsp3) is 0.0870. The number of fused-ring (bicyclic) bond motifs is 2. The van der Waals surface area contributed by atoms with Crippen LogP contribution in [0.3, 0.4) is 0 Å². The molecule has 0 saturated heterocycles. The van der Waals surface area contributed by atoms with Gasteiger partial charge in [-0.05, 0) is 114 Å². The van der Waals surface area contributed by atoms with E-state index in [0.717, 1.165) is 26.5 Å². The number of hydrogen-bond donors (Lipinski definition) is 0. The topological polar surface area (TPSA) is 127 Å². The third-order valence-electron chi connectivity index (χ3n) is 9.42. The summed E-state index contributed by atoms with van der Waals surface area (Å²) in [5.74, 6) is -2.17. The Morgan fingerprint density at radius 1 is 0.446 bits per heavy atom. The molecule has 0 bridgehead atoms. The molecular weight excluding hydrogens is 709 g/mol. The third-order valence-corrected chi connectivity index (χ3v) is 9.42. The van der Waals surface area contributed by atoms with E-state index < -0.39 is 29.7 Å². The van der Waals surface area contributed by atoms with Gasteiger partial charge in [-0.1, -0.05) is 68.9 Å². The smallest absolute Gasteiger partial charge is 0.343 e. The van der Waals surface area contributed by atoms with Crippen molar-refractivity contribution in [2.45, 2.75) is 21.8 Å². The zero-order chi connectivity index (χ0) is 37.7. The van der Waals surface area contributed by atoms with Crippen molar-refractivity contribution in [2.75, 3.05) is 11.9 Å². The van der Waals surface area contributed by atoms with Gasteiger partial charge in [-0.15, -0.1) is 0 Å². The third kappa shape index (κ3) is 6.87. The molecule has 0 radical (unpaired) electrons. The van der Waals surface area contributed by atoms with Crippen molar-refractivity contribution in [2.24, 2.45) is 0 Å². The SMILES string of the molecule is C.C.Cc1ccc(OC(=O)c2ccc(-c3ccc(C(=O)Oc4ccc(N5C(=O)c6ccc(-c7ccc8c(c7)C(=O)N(C)C8=O)cc6C5=O)cc4)cc3)cc2)cc1. The number of anilines is 1. The first kappa shape index (κ1) is 38.3. The van der Waals surface area contributed by atoms with Crippen LogP contribution in [0.4, 0.5) is 5.69 Å². The van der Waals surface area contributed by atoms with Gasteiger partial charge in [-0.2, -0.15) is 0 Å². The maximum atomic E-state index is 13.5. The van der Waals surface area contributed by atoms with Crippen molar-refractivity contribution < 1.29 is 38.2 Å². The number of hydrogen-bond acceptors (Lipinski definition) is 8. The Balaban J connectivity index is 0.00000266. The highest BCUT2D eigenvalue weighted by molar-refractivity contribution is 6.34. The van der Waals surface area contributed by atoms with Crippen LogP contribution in [0.15, 0.2) is 133 Å². The molecule has 0 aliphatic carbocycles. The lowest BCUT2D eigenvalue weighted by molar-refractivity contribution is 0.0687. The van der Waals surface area contributed by atoms with Crippen molar-refractivity contribution in [3.05, 3.63) is 172 Å². The van der Waals surface area contributed by atoms with Gasteiger partial charge in [0.05, 0.1) is 39.1 Å². The zero-order valence-corrected chi connectivity index (χ0v) is 28.9. The van der Waals surface area contributed by atoms with Crippen molar-refractivity contribution in [3.63, 3.8) is 0 Å². The first-order chi connectivity index (χ1) is 26.0. The van der Waals surface area contributed by atoms with Crippen LogP contribution in [0, 0.1) is 6.92 Å². The standard InChI is InChI=1S/C44H28N2O8.2CH4/c1-25-3-17-33(18-4-25)53-43(51)28-9-5-26(6-10-28)27-7-11-29(12-8-27)44(52)54-34-19-15-32(16-20-34)46-41(49)36-22-14-31(24-38(36)42(46)50)30-13-21-35-37(23-30)40(48)45(2)39(35)47;;/h3-24H,1-2H3;2*1H4. The van der Waals surface area contributed by atoms with E-state index in [1.54, 1.807) is 97.1 Å². The molecule has 10 heteroatoms. The van der Waals surface area contributed by atoms with Gasteiger partial charge in [0.1, 0.15) is 11.5 Å². The number of nitrogens with zero attached hydrogens (tertiary/aromatic N) is 2. The van der Waals surface area contributed by atoms with Gasteiger partial charge in [-0.3, -0.25) is 24.1 Å². The fourth-order valence-electron chi connectivity index (χ4n) is 6.39. The molecule has 0 spiro atoms. The predicted octanol–water partition coefficient (Wildman–Crippen LogP) is 9.07. The van der Waals surface area contributed by atoms with Gasteiger partial charge in [-0.25, -0.2) is 14.5 Å². The van der Waals surface area contributed by atoms with E-state index in [1.807, 2.05) is 19.1 Å². The highest BCUT2D eigenvalue weighted by Crippen LogP contribution is 2.34. The molecule has 10 nitrogen and oxygen atoms in total. The van der Waals surface area contributed by atoms with E-state index in [0.29, 0.717) is 39.3 Å². The maximum Gasteiger partial charge on any atom is 0.343 e. The number of aryl methyl sites for hydroxylation is 1. The lowest BCUT2D eigenvalue weighted by Gasteiger charge is -2.14. The second-order valence-corrected chi connectivity index (χ2v) is 12.9. The van der Waals surface area contributed by atoms with Crippen LogP contribution in [0.1, 0.15) is 82.6 Å². The molecule has 0 saturated carbocycles. The van der Waals surface area contributed by atoms with E-state index in [-0.39, 0.29) is 43.2 Å². The van der Waals surface area contributed by atoms with Crippen molar-refractivity contribution in [1.29, 1.82) is 0 Å². The molecule has 56 heavy (non-hydrogen) atoms. The largest absolute Gasteiger partial charge is 0.423 e. The molecule has 0 aromatic heterocycles. The molecule has 6 aromatic rings. The summed E-state index contributed by atoms with van der Waals surface area (Å²) in [5, 5.41) is 0. The van der Waals surface area contributed by atoms with Crippen molar-refractivity contribution >= 4 is 41.3 Å². The van der Waals surface area contributed by atoms with Crippen LogP contribution in [0.5, 0.6) is 11.5 Å². The number of carbonyl (C=O) groups is 6. The average molecular weight is 745 g/mol. The Hall–Kier alpha value is -7.46. The van der Waals surface area contributed by atoms with Crippen LogP contribution in [-0.2, 0) is 0 Å². The molecule has 0 atom stereocenters. The monoisotopic (exact) mass is 744 g/mol. The molecular formula is C46H36N2O8. The predicted molar refractivity (Wildman–Crippen MR) is 212 cm³/mol. The minimum atomic E-state index is -0.596. The van der Waals surface area contributed by atoms with Gasteiger partial charge >= 0.3 is 11.9 Å². The summed E-state index contributed by atoms with van der Waals surface area (Å²) in [6, 6.07) is 36.8. The van der Waals surface area contributed by atoms with Crippen molar-refractivity contribution in [1.82, 2.24) is 4.90 Å². The van der Waals surface area contributed by atoms with Crippen molar-refractivity contribution in [3.8, 4) is 33.8 Å². The first-order valence-corrected chi connectivity index (χ1v) is 16.9. The Labute approximate surface area is 323 Å². The lowest BCUT2D eigenvalue weighted by atomic mass is 9.97. The molecule has 0 unspecified atom stereocenters. The summed E-state index contributed by atoms with van der Waals surface area (Å²) in [7, 11) is 1.42. The summed E-state index contributed by atoms with van der Waals surface area (Å²) >= 11 is 0. The summed E-state index contributed by atoms with van der Waals surface area (Å²) in [6.45, 7) is 1.95. The van der Waals surface area contributed by atoms with Gasteiger partial charge in [0.2, 0.25) is 0 Å². The van der Waals surface area contributed by atoms with Crippen LogP contribution >= 0.6 is 0 Å². The quantitative estimate of drug-likeness (QED) is 0.0900. The number of carbonyl (C=O) groups excluding carboxylic acids is 6.